The van der Waals surface area contributed by atoms with Gasteiger partial charge >= 0.3 is 0 Å². The Morgan fingerprint density at radius 3 is 2.90 bits per heavy atom. The lowest BCUT2D eigenvalue weighted by Gasteiger charge is -2.39. The first-order chi connectivity index (χ1) is 15.0. The van der Waals surface area contributed by atoms with Crippen molar-refractivity contribution in [3.63, 3.8) is 0 Å². The number of allylic oxidation sites excluding steroid dienone is 3. The van der Waals surface area contributed by atoms with Crippen molar-refractivity contribution in [1.29, 1.82) is 0 Å². The number of hydrogen-bond acceptors (Lipinski definition) is 6. The predicted molar refractivity (Wildman–Crippen MR) is 124 cm³/mol. The van der Waals surface area contributed by atoms with Crippen LogP contribution >= 0.6 is 11.6 Å². The second-order valence-electron chi connectivity index (χ2n) is 7.58. The summed E-state index contributed by atoms with van der Waals surface area (Å²) in [6.07, 6.45) is 11.8. The molecule has 0 bridgehead atoms. The van der Waals surface area contributed by atoms with Crippen LogP contribution in [-0.2, 0) is 4.79 Å². The maximum Gasteiger partial charge on any atom is 0.240 e. The molecular formula is C22H29ClN6O2. The molecule has 1 aliphatic rings. The molecule has 1 saturated heterocycles. The van der Waals surface area contributed by atoms with E-state index in [9.17, 15) is 9.90 Å². The van der Waals surface area contributed by atoms with Gasteiger partial charge < -0.3 is 26.0 Å². The minimum Gasteiger partial charge on any atom is -0.396 e. The predicted octanol–water partition coefficient (Wildman–Crippen LogP) is 2.03. The molecule has 2 aromatic heterocycles. The van der Waals surface area contributed by atoms with Crippen LogP contribution in [0.3, 0.4) is 0 Å². The number of anilines is 1. The van der Waals surface area contributed by atoms with E-state index in [1.807, 2.05) is 18.3 Å². The zero-order valence-corrected chi connectivity index (χ0v) is 18.2. The van der Waals surface area contributed by atoms with Gasteiger partial charge in [-0.2, -0.15) is 0 Å². The van der Waals surface area contributed by atoms with Crippen LogP contribution in [-0.4, -0.2) is 63.1 Å². The van der Waals surface area contributed by atoms with Gasteiger partial charge in [0.1, 0.15) is 17.8 Å². The fraction of sp³-hybridized carbons (Fsp3) is 0.409. The zero-order valence-electron chi connectivity index (χ0n) is 17.4. The molecule has 3 rings (SSSR count). The molecule has 9 heteroatoms. The summed E-state index contributed by atoms with van der Waals surface area (Å²) >= 11 is 5.76. The molecule has 2 aromatic rings. The fourth-order valence-corrected chi connectivity index (χ4v) is 3.90. The average molecular weight is 445 g/mol. The van der Waals surface area contributed by atoms with Gasteiger partial charge in [0.15, 0.2) is 0 Å². The molecule has 0 unspecified atom stereocenters. The van der Waals surface area contributed by atoms with Crippen LogP contribution in [0.25, 0.3) is 11.0 Å². The Bertz CT molecular complexity index is 962. The maximum absolute atomic E-state index is 13.1. The molecular weight excluding hydrogens is 416 g/mol. The van der Waals surface area contributed by atoms with Gasteiger partial charge in [0, 0.05) is 31.8 Å². The molecule has 0 aromatic carbocycles. The SMILES string of the molecule is C=C/C=C(\C=C/CCl)[C@H](CCO)NC(=O)C1(N)CCN(c2ncnc3[nH]ccc23)CC1. The Morgan fingerprint density at radius 1 is 1.45 bits per heavy atom. The molecule has 0 spiro atoms. The molecule has 3 heterocycles. The number of aliphatic hydroxyl groups is 1. The molecule has 1 amide bonds. The molecule has 166 valence electrons. The maximum atomic E-state index is 13.1. The van der Waals surface area contributed by atoms with Gasteiger partial charge in [0.25, 0.3) is 0 Å². The number of amides is 1. The Morgan fingerprint density at radius 2 is 2.23 bits per heavy atom. The quantitative estimate of drug-likeness (QED) is 0.347. The molecule has 8 nitrogen and oxygen atoms in total. The summed E-state index contributed by atoms with van der Waals surface area (Å²) < 4.78 is 0. The number of fused-ring (bicyclic) bond motifs is 1. The van der Waals surface area contributed by atoms with E-state index < -0.39 is 5.54 Å². The Balaban J connectivity index is 1.70. The number of aromatic amines is 1. The number of rotatable bonds is 9. The first-order valence-corrected chi connectivity index (χ1v) is 10.8. The van der Waals surface area contributed by atoms with Crippen LogP contribution in [0.5, 0.6) is 0 Å². The summed E-state index contributed by atoms with van der Waals surface area (Å²) in [4.78, 5) is 27.0. The van der Waals surface area contributed by atoms with Crippen molar-refractivity contribution in [3.8, 4) is 0 Å². The third kappa shape index (κ3) is 5.33. The van der Waals surface area contributed by atoms with Gasteiger partial charge in [-0.15, -0.1) is 11.6 Å². The topological polar surface area (TPSA) is 120 Å². The van der Waals surface area contributed by atoms with Crippen molar-refractivity contribution < 1.29 is 9.90 Å². The smallest absolute Gasteiger partial charge is 0.240 e. The van der Waals surface area contributed by atoms with Crippen molar-refractivity contribution in [1.82, 2.24) is 20.3 Å². The van der Waals surface area contributed by atoms with Crippen molar-refractivity contribution in [3.05, 3.63) is 55.0 Å². The second-order valence-corrected chi connectivity index (χ2v) is 7.89. The van der Waals surface area contributed by atoms with E-state index in [-0.39, 0.29) is 18.6 Å². The number of aromatic nitrogens is 3. The molecule has 31 heavy (non-hydrogen) atoms. The van der Waals surface area contributed by atoms with Gasteiger partial charge in [0.2, 0.25) is 5.91 Å². The largest absolute Gasteiger partial charge is 0.396 e. The Kier molecular flexibility index (Phi) is 7.84. The third-order valence-electron chi connectivity index (χ3n) is 5.58. The molecule has 1 fully saturated rings. The highest BCUT2D eigenvalue weighted by Crippen LogP contribution is 2.28. The van der Waals surface area contributed by atoms with Gasteiger partial charge in [-0.25, -0.2) is 9.97 Å². The van der Waals surface area contributed by atoms with Crippen LogP contribution in [0.1, 0.15) is 19.3 Å². The number of carbonyl (C=O) groups is 1. The van der Waals surface area contributed by atoms with Gasteiger partial charge in [-0.3, -0.25) is 4.79 Å². The normalized spacial score (nSPS) is 17.8. The highest BCUT2D eigenvalue weighted by molar-refractivity contribution is 6.18. The fourth-order valence-electron chi connectivity index (χ4n) is 3.81. The highest BCUT2D eigenvalue weighted by atomic mass is 35.5. The van der Waals surface area contributed by atoms with E-state index >= 15 is 0 Å². The summed E-state index contributed by atoms with van der Waals surface area (Å²) in [7, 11) is 0. The number of carbonyl (C=O) groups excluding carboxylic acids is 1. The average Bonchev–Trinajstić information content (AvgIpc) is 3.26. The minimum absolute atomic E-state index is 0.0696. The number of nitrogens with zero attached hydrogens (tertiary/aromatic N) is 3. The number of nitrogens with one attached hydrogen (secondary N) is 2. The molecule has 0 saturated carbocycles. The standard InChI is InChI=1S/C22H29ClN6O2/c1-2-4-16(5-3-10-23)18(7-14-30)28-21(31)22(24)8-12-29(13-9-22)20-17-6-11-25-19(17)26-15-27-20/h2-6,11,15,18,30H,1,7-10,12-14,24H2,(H,28,31)(H,25,26,27)/b5-3-,16-4+/t18-/m0/s1. The summed E-state index contributed by atoms with van der Waals surface area (Å²) in [5.41, 5.74) is 7.14. The lowest BCUT2D eigenvalue weighted by molar-refractivity contribution is -0.127. The summed E-state index contributed by atoms with van der Waals surface area (Å²) in [6, 6.07) is 1.57. The van der Waals surface area contributed by atoms with Crippen LogP contribution in [0.2, 0.25) is 0 Å². The second kappa shape index (κ2) is 10.6. The van der Waals surface area contributed by atoms with E-state index in [1.54, 1.807) is 18.2 Å². The van der Waals surface area contributed by atoms with Crippen molar-refractivity contribution in [2.45, 2.75) is 30.8 Å². The van der Waals surface area contributed by atoms with E-state index in [0.717, 1.165) is 22.4 Å². The molecule has 0 aliphatic carbocycles. The zero-order chi connectivity index (χ0) is 22.3. The number of halogens is 1. The van der Waals surface area contributed by atoms with Crippen LogP contribution < -0.4 is 16.0 Å². The number of H-pyrrole nitrogens is 1. The third-order valence-corrected chi connectivity index (χ3v) is 5.75. The minimum atomic E-state index is -0.996. The van der Waals surface area contributed by atoms with Gasteiger partial charge in [-0.05, 0) is 30.9 Å². The number of aliphatic hydroxyl groups excluding tert-OH is 1. The Labute approximate surface area is 186 Å². The summed E-state index contributed by atoms with van der Waals surface area (Å²) in [5, 5.41) is 13.5. The van der Waals surface area contributed by atoms with Gasteiger partial charge in [-0.1, -0.05) is 30.9 Å². The number of piperidine rings is 1. The summed E-state index contributed by atoms with van der Waals surface area (Å²) in [6.45, 7) is 4.87. The number of alkyl halides is 1. The Hall–Kier alpha value is -2.68. The molecule has 5 N–H and O–H groups in total. The van der Waals surface area contributed by atoms with E-state index in [2.05, 4.69) is 31.7 Å². The van der Waals surface area contributed by atoms with Crippen molar-refractivity contribution in [2.75, 3.05) is 30.5 Å². The monoisotopic (exact) mass is 444 g/mol. The molecule has 1 aliphatic heterocycles. The molecule has 1 atom stereocenters. The highest BCUT2D eigenvalue weighted by Gasteiger charge is 2.39. The summed E-state index contributed by atoms with van der Waals surface area (Å²) in [5.74, 6) is 0.964. The van der Waals surface area contributed by atoms with E-state index in [1.165, 1.54) is 6.33 Å². The lowest BCUT2D eigenvalue weighted by Crippen LogP contribution is -2.61. The van der Waals surface area contributed by atoms with E-state index in [4.69, 9.17) is 17.3 Å². The lowest BCUT2D eigenvalue weighted by atomic mass is 9.86. The van der Waals surface area contributed by atoms with Crippen LogP contribution in [0.4, 0.5) is 5.82 Å². The number of hydrogen-bond donors (Lipinski definition) is 4. The number of nitrogens with two attached hydrogens (primary N) is 1. The van der Waals surface area contributed by atoms with Crippen molar-refractivity contribution >= 4 is 34.4 Å². The first-order valence-electron chi connectivity index (χ1n) is 10.3. The first kappa shape index (κ1) is 23.0. The van der Waals surface area contributed by atoms with Crippen LogP contribution in [0.15, 0.2) is 55.0 Å². The van der Waals surface area contributed by atoms with Crippen LogP contribution in [0, 0.1) is 0 Å². The van der Waals surface area contributed by atoms with Gasteiger partial charge in [0.05, 0.1) is 17.0 Å². The van der Waals surface area contributed by atoms with E-state index in [0.29, 0.717) is 38.2 Å². The molecule has 0 radical (unpaired) electrons. The van der Waals surface area contributed by atoms with Crippen molar-refractivity contribution in [2.24, 2.45) is 5.73 Å².